The highest BCUT2D eigenvalue weighted by atomic mass is 32.2. The summed E-state index contributed by atoms with van der Waals surface area (Å²) in [6.07, 6.45) is 0. The molecule has 1 aromatic heterocycles. The number of anilines is 1. The summed E-state index contributed by atoms with van der Waals surface area (Å²) in [5.41, 5.74) is 2.82. The average Bonchev–Trinajstić information content (AvgIpc) is 3.18. The van der Waals surface area contributed by atoms with E-state index in [-0.39, 0.29) is 17.2 Å². The SMILES string of the molecule is CCn1c(SCC(=O)Nc2cc(C)ccc2C)nnc1[C@@H](C)NC(=O)c1ccccc1F. The third-order valence-corrected chi connectivity index (χ3v) is 5.88. The van der Waals surface area contributed by atoms with Crippen LogP contribution in [0, 0.1) is 19.7 Å². The minimum absolute atomic E-state index is 0.0281. The van der Waals surface area contributed by atoms with Gasteiger partial charge in [-0.15, -0.1) is 10.2 Å². The van der Waals surface area contributed by atoms with Crippen LogP contribution in [-0.2, 0) is 11.3 Å². The van der Waals surface area contributed by atoms with Crippen molar-refractivity contribution < 1.29 is 14.0 Å². The number of carbonyl (C=O) groups is 2. The molecule has 0 spiro atoms. The molecule has 1 atom stereocenters. The maximum atomic E-state index is 13.9. The first-order chi connectivity index (χ1) is 15.3. The molecule has 7 nitrogen and oxygen atoms in total. The molecule has 3 rings (SSSR count). The Morgan fingerprint density at radius 3 is 2.62 bits per heavy atom. The van der Waals surface area contributed by atoms with Crippen molar-refractivity contribution in [3.8, 4) is 0 Å². The van der Waals surface area contributed by atoms with Gasteiger partial charge in [0, 0.05) is 12.2 Å². The van der Waals surface area contributed by atoms with Crippen LogP contribution < -0.4 is 10.6 Å². The number of carbonyl (C=O) groups excluding carboxylic acids is 2. The summed E-state index contributed by atoms with van der Waals surface area (Å²) >= 11 is 1.27. The van der Waals surface area contributed by atoms with Gasteiger partial charge in [-0.3, -0.25) is 9.59 Å². The molecule has 32 heavy (non-hydrogen) atoms. The monoisotopic (exact) mass is 455 g/mol. The normalized spacial score (nSPS) is 11.8. The number of benzene rings is 2. The van der Waals surface area contributed by atoms with Gasteiger partial charge in [0.05, 0.1) is 17.4 Å². The van der Waals surface area contributed by atoms with Crippen LogP contribution in [0.5, 0.6) is 0 Å². The number of amides is 2. The van der Waals surface area contributed by atoms with Gasteiger partial charge in [0.1, 0.15) is 5.82 Å². The molecule has 0 unspecified atom stereocenters. The van der Waals surface area contributed by atoms with Gasteiger partial charge in [0.2, 0.25) is 5.91 Å². The van der Waals surface area contributed by atoms with Crippen molar-refractivity contribution in [2.75, 3.05) is 11.1 Å². The Bertz CT molecular complexity index is 1130. The second-order valence-corrected chi connectivity index (χ2v) is 8.36. The molecule has 2 amide bonds. The predicted molar refractivity (Wildman–Crippen MR) is 123 cm³/mol. The van der Waals surface area contributed by atoms with Crippen LogP contribution in [0.4, 0.5) is 10.1 Å². The number of thioether (sulfide) groups is 1. The number of rotatable bonds is 8. The highest BCUT2D eigenvalue weighted by Gasteiger charge is 2.21. The van der Waals surface area contributed by atoms with Crippen molar-refractivity contribution in [3.05, 3.63) is 70.8 Å². The van der Waals surface area contributed by atoms with Crippen molar-refractivity contribution in [2.24, 2.45) is 0 Å². The Hall–Kier alpha value is -3.20. The number of aryl methyl sites for hydroxylation is 2. The first-order valence-corrected chi connectivity index (χ1v) is 11.3. The van der Waals surface area contributed by atoms with E-state index in [1.807, 2.05) is 43.5 Å². The van der Waals surface area contributed by atoms with Gasteiger partial charge < -0.3 is 15.2 Å². The highest BCUT2D eigenvalue weighted by molar-refractivity contribution is 7.99. The number of aromatic nitrogens is 3. The second kappa shape index (κ2) is 10.4. The fourth-order valence-corrected chi connectivity index (χ4v) is 4.00. The van der Waals surface area contributed by atoms with Crippen LogP contribution >= 0.6 is 11.8 Å². The van der Waals surface area contributed by atoms with E-state index in [9.17, 15) is 14.0 Å². The number of halogens is 1. The average molecular weight is 456 g/mol. The van der Waals surface area contributed by atoms with Crippen molar-refractivity contribution in [1.29, 1.82) is 0 Å². The Balaban J connectivity index is 1.65. The molecule has 0 aliphatic carbocycles. The van der Waals surface area contributed by atoms with E-state index in [1.54, 1.807) is 13.0 Å². The molecule has 2 N–H and O–H groups in total. The van der Waals surface area contributed by atoms with Gasteiger partial charge in [-0.1, -0.05) is 36.0 Å². The largest absolute Gasteiger partial charge is 0.342 e. The quantitative estimate of drug-likeness (QED) is 0.495. The molecule has 0 aliphatic heterocycles. The second-order valence-electron chi connectivity index (χ2n) is 7.42. The lowest BCUT2D eigenvalue weighted by Crippen LogP contribution is -2.29. The summed E-state index contributed by atoms with van der Waals surface area (Å²) in [6.45, 7) is 8.17. The summed E-state index contributed by atoms with van der Waals surface area (Å²) in [5, 5.41) is 14.6. The van der Waals surface area contributed by atoms with Gasteiger partial charge in [0.25, 0.3) is 5.91 Å². The molecule has 9 heteroatoms. The third-order valence-electron chi connectivity index (χ3n) is 4.91. The third kappa shape index (κ3) is 5.53. The van der Waals surface area contributed by atoms with E-state index in [0.29, 0.717) is 17.5 Å². The Morgan fingerprint density at radius 1 is 1.16 bits per heavy atom. The van der Waals surface area contributed by atoms with E-state index in [2.05, 4.69) is 20.8 Å². The summed E-state index contributed by atoms with van der Waals surface area (Å²) in [6, 6.07) is 11.2. The van der Waals surface area contributed by atoms with Crippen molar-refractivity contribution >= 4 is 29.3 Å². The number of nitrogens with one attached hydrogen (secondary N) is 2. The van der Waals surface area contributed by atoms with Crippen LogP contribution in [0.15, 0.2) is 47.6 Å². The standard InChI is InChI=1S/C23H26FN5O2S/c1-5-29-21(16(4)25-22(31)17-8-6-7-9-18(17)24)27-28-23(29)32-13-20(30)26-19-12-14(2)10-11-15(19)3/h6-12,16H,5,13H2,1-4H3,(H,25,31)(H,26,30)/t16-/m1/s1. The first-order valence-electron chi connectivity index (χ1n) is 10.3. The van der Waals surface area contributed by atoms with E-state index < -0.39 is 17.8 Å². The van der Waals surface area contributed by atoms with Crippen LogP contribution in [-0.4, -0.2) is 32.3 Å². The zero-order valence-electron chi connectivity index (χ0n) is 18.5. The van der Waals surface area contributed by atoms with Crippen LogP contribution in [0.2, 0.25) is 0 Å². The lowest BCUT2D eigenvalue weighted by atomic mass is 10.1. The van der Waals surface area contributed by atoms with Crippen LogP contribution in [0.1, 0.15) is 47.2 Å². The van der Waals surface area contributed by atoms with Crippen LogP contribution in [0.3, 0.4) is 0 Å². The van der Waals surface area contributed by atoms with Gasteiger partial charge in [-0.25, -0.2) is 4.39 Å². The smallest absolute Gasteiger partial charge is 0.254 e. The Morgan fingerprint density at radius 2 is 1.91 bits per heavy atom. The van der Waals surface area contributed by atoms with Gasteiger partial charge in [0.15, 0.2) is 11.0 Å². The highest BCUT2D eigenvalue weighted by Crippen LogP contribution is 2.22. The van der Waals surface area contributed by atoms with E-state index in [4.69, 9.17) is 0 Å². The molecule has 2 aromatic carbocycles. The first kappa shape index (κ1) is 23.5. The molecule has 168 valence electrons. The zero-order chi connectivity index (χ0) is 23.3. The van der Waals surface area contributed by atoms with Crippen molar-refractivity contribution in [3.63, 3.8) is 0 Å². The lowest BCUT2D eigenvalue weighted by molar-refractivity contribution is -0.113. The number of hydrogen-bond donors (Lipinski definition) is 2. The molecule has 0 fully saturated rings. The molecule has 0 aliphatic rings. The molecular weight excluding hydrogens is 429 g/mol. The van der Waals surface area contributed by atoms with Crippen molar-refractivity contribution in [1.82, 2.24) is 20.1 Å². The van der Waals surface area contributed by atoms with Gasteiger partial charge >= 0.3 is 0 Å². The molecule has 0 radical (unpaired) electrons. The van der Waals surface area contributed by atoms with Crippen LogP contribution in [0.25, 0.3) is 0 Å². The van der Waals surface area contributed by atoms with Gasteiger partial charge in [-0.05, 0) is 57.0 Å². The Kier molecular flexibility index (Phi) is 7.63. The fraction of sp³-hybridized carbons (Fsp3) is 0.304. The molecule has 3 aromatic rings. The molecule has 0 saturated carbocycles. The maximum absolute atomic E-state index is 13.9. The molecular formula is C23H26FN5O2S. The van der Waals surface area contributed by atoms with Crippen molar-refractivity contribution in [2.45, 2.75) is 45.4 Å². The van der Waals surface area contributed by atoms with E-state index in [0.717, 1.165) is 16.8 Å². The fourth-order valence-electron chi connectivity index (χ4n) is 3.20. The summed E-state index contributed by atoms with van der Waals surface area (Å²) in [7, 11) is 0. The summed E-state index contributed by atoms with van der Waals surface area (Å²) in [5.74, 6) is -0.545. The minimum Gasteiger partial charge on any atom is -0.342 e. The number of nitrogens with zero attached hydrogens (tertiary/aromatic N) is 3. The lowest BCUT2D eigenvalue weighted by Gasteiger charge is -2.15. The molecule has 0 bridgehead atoms. The zero-order valence-corrected chi connectivity index (χ0v) is 19.3. The van der Waals surface area contributed by atoms with Gasteiger partial charge in [-0.2, -0.15) is 0 Å². The molecule has 1 heterocycles. The maximum Gasteiger partial charge on any atom is 0.254 e. The van der Waals surface area contributed by atoms with E-state index >= 15 is 0 Å². The summed E-state index contributed by atoms with van der Waals surface area (Å²) in [4.78, 5) is 24.9. The Labute approximate surface area is 190 Å². The summed E-state index contributed by atoms with van der Waals surface area (Å²) < 4.78 is 15.7. The minimum atomic E-state index is -0.583. The predicted octanol–water partition coefficient (Wildman–Crippen LogP) is 4.28. The molecule has 0 saturated heterocycles. The number of hydrogen-bond acceptors (Lipinski definition) is 5. The van der Waals surface area contributed by atoms with E-state index in [1.165, 1.54) is 30.0 Å². The topological polar surface area (TPSA) is 88.9 Å².